The summed E-state index contributed by atoms with van der Waals surface area (Å²) in [6, 6.07) is 4.05. The number of hydrogen-bond acceptors (Lipinski definition) is 2. The van der Waals surface area contributed by atoms with Crippen molar-refractivity contribution in [2.24, 2.45) is 7.05 Å². The number of carbonyl (C=O) groups excluding carboxylic acids is 1. The Kier molecular flexibility index (Phi) is 8.07. The van der Waals surface area contributed by atoms with Crippen molar-refractivity contribution in [2.45, 2.75) is 59.8 Å². The first kappa shape index (κ1) is 22.9. The van der Waals surface area contributed by atoms with Crippen LogP contribution < -0.4 is 10.7 Å². The van der Waals surface area contributed by atoms with Crippen molar-refractivity contribution in [3.05, 3.63) is 59.4 Å². The summed E-state index contributed by atoms with van der Waals surface area (Å²) in [5.41, 5.74) is 4.63. The first-order valence-corrected chi connectivity index (χ1v) is 11.4. The second-order valence-electron chi connectivity index (χ2n) is 6.83. The normalized spacial score (nSPS) is 11.0. The number of nitrogens with one attached hydrogen (secondary N) is 1. The van der Waals surface area contributed by atoms with Gasteiger partial charge in [0.2, 0.25) is 5.43 Å². The van der Waals surface area contributed by atoms with Crippen molar-refractivity contribution in [2.75, 3.05) is 5.32 Å². The molecule has 0 spiro atoms. The third kappa shape index (κ3) is 4.43. The molecule has 1 heterocycles. The number of pyridine rings is 1. The van der Waals surface area contributed by atoms with E-state index in [1.54, 1.807) is 0 Å². The van der Waals surface area contributed by atoms with Crippen molar-refractivity contribution >= 4 is 43.5 Å². The number of rotatable bonds is 7. The number of hydrogen-bond donors (Lipinski definition) is 1. The zero-order valence-corrected chi connectivity index (χ0v) is 20.4. The van der Waals surface area contributed by atoms with Crippen LogP contribution >= 0.6 is 31.9 Å². The van der Waals surface area contributed by atoms with Crippen LogP contribution in [-0.4, -0.2) is 10.5 Å². The van der Waals surface area contributed by atoms with Gasteiger partial charge in [-0.05, 0) is 64.9 Å². The number of aromatic nitrogens is 1. The van der Waals surface area contributed by atoms with Gasteiger partial charge in [0, 0.05) is 28.6 Å². The van der Waals surface area contributed by atoms with Crippen LogP contribution in [0.2, 0.25) is 0 Å². The highest BCUT2D eigenvalue weighted by molar-refractivity contribution is 9.10. The number of nitrogens with zero attached hydrogens (tertiary/aromatic N) is 1. The fraction of sp³-hybridized carbons (Fsp3) is 0.455. The van der Waals surface area contributed by atoms with E-state index in [-0.39, 0.29) is 16.9 Å². The van der Waals surface area contributed by atoms with E-state index in [9.17, 15) is 9.59 Å². The zero-order valence-electron chi connectivity index (χ0n) is 17.2. The van der Waals surface area contributed by atoms with Crippen LogP contribution in [0, 0.1) is 0 Å². The predicted molar refractivity (Wildman–Crippen MR) is 124 cm³/mol. The van der Waals surface area contributed by atoms with Crippen molar-refractivity contribution in [1.82, 2.24) is 4.57 Å². The van der Waals surface area contributed by atoms with Crippen LogP contribution in [0.15, 0.2) is 25.9 Å². The molecule has 1 N–H and O–H groups in total. The standard InChI is InChI=1S/C22H28Br2N2O2/c1-6-10-17-18(21(27)19(24)16(9-4)26(17)5)22(28)25-20-13(7-2)11-15(23)12-14(20)8-3/h11-12H,6-10H2,1-5H3,(H,25,28). The van der Waals surface area contributed by atoms with Gasteiger partial charge >= 0.3 is 0 Å². The van der Waals surface area contributed by atoms with E-state index in [4.69, 9.17) is 0 Å². The summed E-state index contributed by atoms with van der Waals surface area (Å²) in [7, 11) is 1.93. The molecular weight excluding hydrogens is 484 g/mol. The fourth-order valence-electron chi connectivity index (χ4n) is 3.63. The van der Waals surface area contributed by atoms with E-state index < -0.39 is 0 Å². The molecule has 2 rings (SSSR count). The predicted octanol–water partition coefficient (Wildman–Crippen LogP) is 5.80. The van der Waals surface area contributed by atoms with Gasteiger partial charge in [-0.2, -0.15) is 0 Å². The maximum absolute atomic E-state index is 13.3. The lowest BCUT2D eigenvalue weighted by molar-refractivity contribution is 0.102. The monoisotopic (exact) mass is 510 g/mol. The number of halogens is 2. The van der Waals surface area contributed by atoms with Gasteiger partial charge < -0.3 is 9.88 Å². The average Bonchev–Trinajstić information content (AvgIpc) is 2.67. The lowest BCUT2D eigenvalue weighted by Gasteiger charge is -2.20. The Morgan fingerprint density at radius 2 is 1.57 bits per heavy atom. The highest BCUT2D eigenvalue weighted by Gasteiger charge is 2.24. The van der Waals surface area contributed by atoms with Gasteiger partial charge in [-0.15, -0.1) is 0 Å². The summed E-state index contributed by atoms with van der Waals surface area (Å²) < 4.78 is 3.47. The van der Waals surface area contributed by atoms with Gasteiger partial charge in [-0.25, -0.2) is 0 Å². The van der Waals surface area contributed by atoms with Crippen molar-refractivity contribution < 1.29 is 4.79 Å². The molecule has 0 aliphatic heterocycles. The maximum Gasteiger partial charge on any atom is 0.261 e. The zero-order chi connectivity index (χ0) is 21.0. The van der Waals surface area contributed by atoms with E-state index in [0.717, 1.165) is 58.4 Å². The molecule has 0 saturated heterocycles. The SMILES string of the molecule is CCCc1c(C(=O)Nc2c(CC)cc(Br)cc2CC)c(=O)c(Br)c(CC)n1C. The van der Waals surface area contributed by atoms with Crippen molar-refractivity contribution in [3.8, 4) is 0 Å². The molecule has 0 unspecified atom stereocenters. The lowest BCUT2D eigenvalue weighted by Crippen LogP contribution is -2.30. The second-order valence-corrected chi connectivity index (χ2v) is 8.54. The number of carbonyl (C=O) groups is 1. The Balaban J connectivity index is 2.65. The Bertz CT molecular complexity index is 924. The Morgan fingerprint density at radius 1 is 1.00 bits per heavy atom. The minimum absolute atomic E-state index is 0.232. The molecule has 0 saturated carbocycles. The summed E-state index contributed by atoms with van der Waals surface area (Å²) in [5, 5.41) is 3.06. The summed E-state index contributed by atoms with van der Waals surface area (Å²) >= 11 is 6.97. The van der Waals surface area contributed by atoms with E-state index in [1.165, 1.54) is 0 Å². The van der Waals surface area contributed by atoms with Crippen molar-refractivity contribution in [1.29, 1.82) is 0 Å². The van der Waals surface area contributed by atoms with Crippen LogP contribution in [0.25, 0.3) is 0 Å². The van der Waals surface area contributed by atoms with Crippen LogP contribution in [0.5, 0.6) is 0 Å². The summed E-state index contributed by atoms with van der Waals surface area (Å²) in [6.45, 7) is 8.19. The van der Waals surface area contributed by atoms with Gasteiger partial charge in [-0.3, -0.25) is 9.59 Å². The molecule has 0 fully saturated rings. The van der Waals surface area contributed by atoms with Crippen LogP contribution in [0.1, 0.15) is 67.0 Å². The van der Waals surface area contributed by atoms with Crippen LogP contribution in [0.3, 0.4) is 0 Å². The molecule has 152 valence electrons. The molecule has 28 heavy (non-hydrogen) atoms. The van der Waals surface area contributed by atoms with E-state index >= 15 is 0 Å². The molecule has 1 aromatic heterocycles. The third-order valence-electron chi connectivity index (χ3n) is 5.09. The van der Waals surface area contributed by atoms with Crippen LogP contribution in [-0.2, 0) is 32.7 Å². The quantitative estimate of drug-likeness (QED) is 0.510. The number of amides is 1. The number of anilines is 1. The van der Waals surface area contributed by atoms with Gasteiger partial charge in [0.1, 0.15) is 5.56 Å². The van der Waals surface area contributed by atoms with Gasteiger partial charge in [-0.1, -0.05) is 50.0 Å². The molecule has 0 atom stereocenters. The largest absolute Gasteiger partial charge is 0.350 e. The smallest absolute Gasteiger partial charge is 0.261 e. The molecule has 2 aromatic rings. The molecule has 6 heteroatoms. The highest BCUT2D eigenvalue weighted by atomic mass is 79.9. The van der Waals surface area contributed by atoms with Crippen molar-refractivity contribution in [3.63, 3.8) is 0 Å². The average molecular weight is 512 g/mol. The van der Waals surface area contributed by atoms with Gasteiger partial charge in [0.25, 0.3) is 5.91 Å². The molecule has 1 amide bonds. The maximum atomic E-state index is 13.3. The first-order chi connectivity index (χ1) is 13.3. The summed E-state index contributed by atoms with van der Waals surface area (Å²) in [6.07, 6.45) is 3.84. The van der Waals surface area contributed by atoms with Gasteiger partial charge in [0.15, 0.2) is 0 Å². The molecule has 0 aliphatic rings. The number of aryl methyl sites for hydroxylation is 2. The Labute approximate surface area is 184 Å². The molecule has 0 aliphatic carbocycles. The molecule has 4 nitrogen and oxygen atoms in total. The molecule has 0 radical (unpaired) electrons. The van der Waals surface area contributed by atoms with E-state index in [2.05, 4.69) is 57.9 Å². The number of benzene rings is 1. The minimum Gasteiger partial charge on any atom is -0.350 e. The third-order valence-corrected chi connectivity index (χ3v) is 6.37. The summed E-state index contributed by atoms with van der Waals surface area (Å²) in [5.74, 6) is -0.334. The fourth-order valence-corrected chi connectivity index (χ4v) is 4.92. The Morgan fingerprint density at radius 3 is 2.04 bits per heavy atom. The topological polar surface area (TPSA) is 51.1 Å². The van der Waals surface area contributed by atoms with E-state index in [0.29, 0.717) is 10.9 Å². The lowest BCUT2D eigenvalue weighted by atomic mass is 10.0. The molecule has 0 bridgehead atoms. The Hall–Kier alpha value is -1.40. The highest BCUT2D eigenvalue weighted by Crippen LogP contribution is 2.28. The summed E-state index contributed by atoms with van der Waals surface area (Å²) in [4.78, 5) is 26.4. The van der Waals surface area contributed by atoms with Crippen LogP contribution in [0.4, 0.5) is 5.69 Å². The molecular formula is C22H28Br2N2O2. The minimum atomic E-state index is -0.334. The van der Waals surface area contributed by atoms with Gasteiger partial charge in [0.05, 0.1) is 4.47 Å². The second kappa shape index (κ2) is 9.88. The first-order valence-electron chi connectivity index (χ1n) is 9.83. The van der Waals surface area contributed by atoms with E-state index in [1.807, 2.05) is 30.7 Å². The molecule has 1 aromatic carbocycles.